The maximum Gasteiger partial charge on any atom is 0.420 e. The van der Waals surface area contributed by atoms with Gasteiger partial charge in [0.2, 0.25) is 5.95 Å². The van der Waals surface area contributed by atoms with Gasteiger partial charge in [-0.1, -0.05) is 11.6 Å². The van der Waals surface area contributed by atoms with Crippen molar-refractivity contribution >= 4 is 35.0 Å². The average Bonchev–Trinajstić information content (AvgIpc) is 3.48. The molecule has 0 atom stereocenters. The van der Waals surface area contributed by atoms with Crippen molar-refractivity contribution in [2.24, 2.45) is 5.41 Å². The highest BCUT2D eigenvalue weighted by Crippen LogP contribution is 2.47. The second-order valence-corrected chi connectivity index (χ2v) is 11.4. The SMILES string of the molecule is CC(C)(C)OC(=O)N1CC2(CCN(c3ccc(Nc4ncc(C(F)(F)F)c(Cl)n4)c(C4CC4)c3)C2)C1. The highest BCUT2D eigenvalue weighted by Gasteiger charge is 2.50. The summed E-state index contributed by atoms with van der Waals surface area (Å²) >= 11 is 5.76. The quantitative estimate of drug-likeness (QED) is 0.480. The second kappa shape index (κ2) is 8.68. The van der Waals surface area contributed by atoms with E-state index in [0.717, 1.165) is 49.3 Å². The molecule has 2 saturated heterocycles. The molecule has 1 amide bonds. The van der Waals surface area contributed by atoms with Crippen LogP contribution >= 0.6 is 11.6 Å². The number of benzene rings is 1. The van der Waals surface area contributed by atoms with Gasteiger partial charge in [-0.3, -0.25) is 0 Å². The van der Waals surface area contributed by atoms with Gasteiger partial charge < -0.3 is 19.9 Å². The number of alkyl halides is 3. The van der Waals surface area contributed by atoms with Crippen LogP contribution in [0.1, 0.15) is 57.1 Å². The van der Waals surface area contributed by atoms with Crippen LogP contribution in [0.4, 0.5) is 35.3 Å². The highest BCUT2D eigenvalue weighted by atomic mass is 35.5. The summed E-state index contributed by atoms with van der Waals surface area (Å²) in [5.41, 5.74) is 1.48. The van der Waals surface area contributed by atoms with Gasteiger partial charge in [-0.15, -0.1) is 0 Å². The van der Waals surface area contributed by atoms with Crippen molar-refractivity contribution in [2.75, 3.05) is 36.4 Å². The van der Waals surface area contributed by atoms with E-state index in [1.54, 1.807) is 4.90 Å². The molecular formula is C25H29ClF3N5O2. The molecule has 36 heavy (non-hydrogen) atoms. The standard InChI is InChI=1S/C25H29ClF3N5O2/c1-23(2,3)36-22(35)34-13-24(14-34)8-9-33(12-24)16-6-7-19(17(10-16)15-4-5-15)31-21-30-11-18(20(26)32-21)25(27,28)29/h6-7,10-11,15H,4-5,8-9,12-14H2,1-3H3,(H,30,31,32). The number of anilines is 3. The molecule has 2 aromatic rings. The van der Waals surface area contributed by atoms with Crippen molar-refractivity contribution in [1.29, 1.82) is 0 Å². The number of hydrogen-bond acceptors (Lipinski definition) is 6. The Hall–Kier alpha value is -2.75. The van der Waals surface area contributed by atoms with E-state index in [1.165, 1.54) is 0 Å². The molecule has 0 bridgehead atoms. The lowest BCUT2D eigenvalue weighted by Gasteiger charge is -2.47. The summed E-state index contributed by atoms with van der Waals surface area (Å²) in [5, 5.41) is 2.42. The second-order valence-electron chi connectivity index (χ2n) is 11.1. The van der Waals surface area contributed by atoms with Crippen LogP contribution in [0.3, 0.4) is 0 Å². The van der Waals surface area contributed by atoms with Gasteiger partial charge in [-0.05, 0) is 69.7 Å². The minimum atomic E-state index is -4.60. The topological polar surface area (TPSA) is 70.6 Å². The molecule has 194 valence electrons. The maximum absolute atomic E-state index is 13.0. The van der Waals surface area contributed by atoms with E-state index in [1.807, 2.05) is 32.9 Å². The molecule has 2 aliphatic heterocycles. The predicted molar refractivity (Wildman–Crippen MR) is 131 cm³/mol. The zero-order valence-electron chi connectivity index (χ0n) is 20.5. The first-order chi connectivity index (χ1) is 16.8. The number of amides is 1. The summed E-state index contributed by atoms with van der Waals surface area (Å²) in [5.74, 6) is 0.416. The van der Waals surface area contributed by atoms with Crippen LogP contribution in [0, 0.1) is 5.41 Å². The number of nitrogens with one attached hydrogen (secondary N) is 1. The summed E-state index contributed by atoms with van der Waals surface area (Å²) in [4.78, 5) is 24.1. The van der Waals surface area contributed by atoms with E-state index in [-0.39, 0.29) is 17.5 Å². The molecule has 5 rings (SSSR count). The van der Waals surface area contributed by atoms with E-state index in [0.29, 0.717) is 25.2 Å². The van der Waals surface area contributed by atoms with Gasteiger partial charge >= 0.3 is 12.3 Å². The average molecular weight is 524 g/mol. The lowest BCUT2D eigenvalue weighted by molar-refractivity contribution is -0.137. The monoisotopic (exact) mass is 523 g/mol. The van der Waals surface area contributed by atoms with Gasteiger partial charge in [0.15, 0.2) is 0 Å². The molecule has 0 radical (unpaired) electrons. The van der Waals surface area contributed by atoms with Crippen LogP contribution in [0.2, 0.25) is 5.15 Å². The number of halogens is 4. The summed E-state index contributed by atoms with van der Waals surface area (Å²) in [6.45, 7) is 8.75. The van der Waals surface area contributed by atoms with E-state index in [9.17, 15) is 18.0 Å². The Morgan fingerprint density at radius 3 is 2.53 bits per heavy atom. The number of nitrogens with zero attached hydrogens (tertiary/aromatic N) is 4. The zero-order chi connectivity index (χ0) is 25.9. The third-order valence-corrected chi connectivity index (χ3v) is 7.14. The van der Waals surface area contributed by atoms with Crippen LogP contribution in [0.15, 0.2) is 24.4 Å². The fraction of sp³-hybridized carbons (Fsp3) is 0.560. The van der Waals surface area contributed by atoms with E-state index in [4.69, 9.17) is 16.3 Å². The fourth-order valence-corrected chi connectivity index (χ4v) is 5.19. The lowest BCUT2D eigenvalue weighted by Crippen LogP contribution is -2.60. The Kier molecular flexibility index (Phi) is 6.01. The summed E-state index contributed by atoms with van der Waals surface area (Å²) in [7, 11) is 0. The third-order valence-electron chi connectivity index (χ3n) is 6.85. The molecule has 3 heterocycles. The van der Waals surface area contributed by atoms with E-state index in [2.05, 4.69) is 26.3 Å². The Morgan fingerprint density at radius 2 is 1.92 bits per heavy atom. The van der Waals surface area contributed by atoms with Gasteiger partial charge in [0, 0.05) is 49.2 Å². The molecule has 1 saturated carbocycles. The number of carbonyl (C=O) groups excluding carboxylic acids is 1. The lowest BCUT2D eigenvalue weighted by atomic mass is 9.79. The predicted octanol–water partition coefficient (Wildman–Crippen LogP) is 6.22. The normalized spacial score (nSPS) is 19.4. The van der Waals surface area contributed by atoms with Crippen LogP contribution in [-0.2, 0) is 10.9 Å². The Morgan fingerprint density at radius 1 is 1.19 bits per heavy atom. The van der Waals surface area contributed by atoms with Gasteiger partial charge in [0.05, 0.1) is 0 Å². The molecule has 1 aliphatic carbocycles. The molecule has 7 nitrogen and oxygen atoms in total. The number of aromatic nitrogens is 2. The Balaban J connectivity index is 1.27. The molecule has 11 heteroatoms. The number of likely N-dealkylation sites (tertiary alicyclic amines) is 1. The first kappa shape index (κ1) is 24.9. The molecule has 1 spiro atoms. The molecule has 3 fully saturated rings. The fourth-order valence-electron chi connectivity index (χ4n) is 4.96. The van der Waals surface area contributed by atoms with Crippen LogP contribution in [-0.4, -0.2) is 52.7 Å². The molecular weight excluding hydrogens is 495 g/mol. The molecule has 1 N–H and O–H groups in total. The highest BCUT2D eigenvalue weighted by molar-refractivity contribution is 6.30. The van der Waals surface area contributed by atoms with Crippen molar-refractivity contribution in [1.82, 2.24) is 14.9 Å². The summed E-state index contributed by atoms with van der Waals surface area (Å²) in [6.07, 6.45) is -1.05. The summed E-state index contributed by atoms with van der Waals surface area (Å²) < 4.78 is 44.4. The number of ether oxygens (including phenoxy) is 1. The third kappa shape index (κ3) is 5.19. The first-order valence-corrected chi connectivity index (χ1v) is 12.4. The summed E-state index contributed by atoms with van der Waals surface area (Å²) in [6, 6.07) is 6.08. The zero-order valence-corrected chi connectivity index (χ0v) is 21.2. The van der Waals surface area contributed by atoms with E-state index >= 15 is 0 Å². The number of rotatable bonds is 4. The first-order valence-electron chi connectivity index (χ1n) is 12.1. The number of carbonyl (C=O) groups is 1. The Bertz CT molecular complexity index is 1170. The smallest absolute Gasteiger partial charge is 0.420 e. The van der Waals surface area contributed by atoms with E-state index < -0.39 is 22.5 Å². The van der Waals surface area contributed by atoms with Crippen molar-refractivity contribution < 1.29 is 22.7 Å². The Labute approximate surface area is 213 Å². The maximum atomic E-state index is 13.0. The largest absolute Gasteiger partial charge is 0.444 e. The van der Waals surface area contributed by atoms with Crippen LogP contribution in [0.5, 0.6) is 0 Å². The van der Waals surface area contributed by atoms with Crippen molar-refractivity contribution in [3.8, 4) is 0 Å². The molecule has 1 aromatic heterocycles. The minimum Gasteiger partial charge on any atom is -0.444 e. The van der Waals surface area contributed by atoms with Crippen LogP contribution < -0.4 is 10.2 Å². The van der Waals surface area contributed by atoms with Crippen molar-refractivity contribution in [3.05, 3.63) is 40.7 Å². The van der Waals surface area contributed by atoms with Gasteiger partial charge in [-0.25, -0.2) is 14.8 Å². The molecule has 1 aromatic carbocycles. The number of hydrogen-bond donors (Lipinski definition) is 1. The van der Waals surface area contributed by atoms with Crippen molar-refractivity contribution in [3.63, 3.8) is 0 Å². The van der Waals surface area contributed by atoms with Gasteiger partial charge in [-0.2, -0.15) is 13.2 Å². The molecule has 0 unspecified atom stereocenters. The van der Waals surface area contributed by atoms with Gasteiger partial charge in [0.1, 0.15) is 16.3 Å². The van der Waals surface area contributed by atoms with Crippen LogP contribution in [0.25, 0.3) is 0 Å². The minimum absolute atomic E-state index is 0.0273. The molecule has 3 aliphatic rings. The van der Waals surface area contributed by atoms with Gasteiger partial charge in [0.25, 0.3) is 0 Å². The van der Waals surface area contributed by atoms with Crippen molar-refractivity contribution in [2.45, 2.75) is 57.7 Å².